The first-order valence-corrected chi connectivity index (χ1v) is 11.7. The summed E-state index contributed by atoms with van der Waals surface area (Å²) in [6.45, 7) is 4.73. The SMILES string of the molecule is CCOc1ccc(CNS(=O)(=O)c2ccc(S(C)(=O)=O)cc2)cc1OCC. The van der Waals surface area contributed by atoms with Crippen molar-refractivity contribution in [2.75, 3.05) is 19.5 Å². The third kappa shape index (κ3) is 5.69. The van der Waals surface area contributed by atoms with E-state index in [2.05, 4.69) is 4.72 Å². The summed E-state index contributed by atoms with van der Waals surface area (Å²) >= 11 is 0. The van der Waals surface area contributed by atoms with Gasteiger partial charge in [0.2, 0.25) is 10.0 Å². The molecular formula is C18H23NO6S2. The zero-order valence-corrected chi connectivity index (χ0v) is 17.1. The maximum atomic E-state index is 12.4. The van der Waals surface area contributed by atoms with Crippen molar-refractivity contribution in [3.63, 3.8) is 0 Å². The van der Waals surface area contributed by atoms with Gasteiger partial charge in [-0.15, -0.1) is 0 Å². The number of sulfone groups is 1. The Morgan fingerprint density at radius 3 is 1.93 bits per heavy atom. The van der Waals surface area contributed by atoms with Crippen LogP contribution in [-0.2, 0) is 26.4 Å². The number of rotatable bonds is 9. The molecule has 2 aromatic rings. The van der Waals surface area contributed by atoms with Crippen LogP contribution in [-0.4, -0.2) is 36.3 Å². The van der Waals surface area contributed by atoms with E-state index >= 15 is 0 Å². The zero-order valence-electron chi connectivity index (χ0n) is 15.4. The summed E-state index contributed by atoms with van der Waals surface area (Å²) in [7, 11) is -7.16. The highest BCUT2D eigenvalue weighted by molar-refractivity contribution is 7.90. The Morgan fingerprint density at radius 2 is 1.37 bits per heavy atom. The summed E-state index contributed by atoms with van der Waals surface area (Å²) < 4.78 is 61.3. The van der Waals surface area contributed by atoms with Crippen molar-refractivity contribution in [1.82, 2.24) is 4.72 Å². The number of hydrogen-bond donors (Lipinski definition) is 1. The molecule has 0 aromatic heterocycles. The Bertz CT molecular complexity index is 983. The number of nitrogens with one attached hydrogen (secondary N) is 1. The van der Waals surface area contributed by atoms with Gasteiger partial charge in [0.25, 0.3) is 0 Å². The molecule has 0 saturated carbocycles. The molecule has 7 nitrogen and oxygen atoms in total. The van der Waals surface area contributed by atoms with Crippen molar-refractivity contribution in [2.24, 2.45) is 0 Å². The second-order valence-corrected chi connectivity index (χ2v) is 9.50. The molecule has 148 valence electrons. The Labute approximate surface area is 160 Å². The van der Waals surface area contributed by atoms with Crippen LogP contribution in [0, 0.1) is 0 Å². The zero-order chi connectivity index (χ0) is 20.1. The summed E-state index contributed by atoms with van der Waals surface area (Å²) in [6.07, 6.45) is 1.07. The summed E-state index contributed by atoms with van der Waals surface area (Å²) in [4.78, 5) is 0.0557. The van der Waals surface area contributed by atoms with E-state index < -0.39 is 19.9 Å². The van der Waals surface area contributed by atoms with E-state index in [1.165, 1.54) is 24.3 Å². The van der Waals surface area contributed by atoms with E-state index in [9.17, 15) is 16.8 Å². The molecule has 9 heteroatoms. The largest absolute Gasteiger partial charge is 0.490 e. The van der Waals surface area contributed by atoms with E-state index in [-0.39, 0.29) is 16.3 Å². The Balaban J connectivity index is 2.16. The van der Waals surface area contributed by atoms with Gasteiger partial charge in [-0.1, -0.05) is 6.07 Å². The summed E-state index contributed by atoms with van der Waals surface area (Å²) in [5.74, 6) is 1.15. The van der Waals surface area contributed by atoms with Crippen LogP contribution >= 0.6 is 0 Å². The smallest absolute Gasteiger partial charge is 0.240 e. The molecule has 0 fully saturated rings. The van der Waals surface area contributed by atoms with E-state index in [0.717, 1.165) is 6.26 Å². The van der Waals surface area contributed by atoms with E-state index in [0.29, 0.717) is 30.3 Å². The van der Waals surface area contributed by atoms with Crippen molar-refractivity contribution in [1.29, 1.82) is 0 Å². The minimum atomic E-state index is -3.78. The molecule has 2 rings (SSSR count). The van der Waals surface area contributed by atoms with Crippen LogP contribution in [0.5, 0.6) is 11.5 Å². The van der Waals surface area contributed by atoms with Crippen molar-refractivity contribution in [2.45, 2.75) is 30.2 Å². The lowest BCUT2D eigenvalue weighted by Crippen LogP contribution is -2.23. The lowest BCUT2D eigenvalue weighted by Gasteiger charge is -2.13. The lowest BCUT2D eigenvalue weighted by molar-refractivity contribution is 0.287. The van der Waals surface area contributed by atoms with Gasteiger partial charge in [-0.2, -0.15) is 0 Å². The maximum absolute atomic E-state index is 12.4. The number of hydrogen-bond acceptors (Lipinski definition) is 6. The quantitative estimate of drug-likeness (QED) is 0.678. The topological polar surface area (TPSA) is 98.8 Å². The normalized spacial score (nSPS) is 12.0. The molecule has 0 aliphatic heterocycles. The van der Waals surface area contributed by atoms with Crippen molar-refractivity contribution in [3.05, 3.63) is 48.0 Å². The highest BCUT2D eigenvalue weighted by Crippen LogP contribution is 2.28. The van der Waals surface area contributed by atoms with Gasteiger partial charge >= 0.3 is 0 Å². The molecular weight excluding hydrogens is 390 g/mol. The predicted molar refractivity (Wildman–Crippen MR) is 102 cm³/mol. The highest BCUT2D eigenvalue weighted by atomic mass is 32.2. The van der Waals surface area contributed by atoms with Crippen LogP contribution in [0.3, 0.4) is 0 Å². The van der Waals surface area contributed by atoms with Crippen LogP contribution in [0.4, 0.5) is 0 Å². The van der Waals surface area contributed by atoms with Crippen LogP contribution in [0.25, 0.3) is 0 Å². The number of benzene rings is 2. The first kappa shape index (κ1) is 21.2. The Hall–Kier alpha value is -2.10. The van der Waals surface area contributed by atoms with Crippen LogP contribution in [0.15, 0.2) is 52.3 Å². The number of sulfonamides is 1. The van der Waals surface area contributed by atoms with E-state index in [1.807, 2.05) is 13.8 Å². The first-order chi connectivity index (χ1) is 12.7. The fourth-order valence-electron chi connectivity index (χ4n) is 2.33. The maximum Gasteiger partial charge on any atom is 0.240 e. The molecule has 1 N–H and O–H groups in total. The van der Waals surface area contributed by atoms with Gasteiger partial charge in [-0.05, 0) is 55.8 Å². The van der Waals surface area contributed by atoms with Gasteiger partial charge in [-0.3, -0.25) is 0 Å². The van der Waals surface area contributed by atoms with Crippen molar-refractivity contribution >= 4 is 19.9 Å². The van der Waals surface area contributed by atoms with Crippen LogP contribution in [0.1, 0.15) is 19.4 Å². The van der Waals surface area contributed by atoms with Gasteiger partial charge in [-0.25, -0.2) is 21.6 Å². The molecule has 0 aliphatic carbocycles. The third-order valence-corrected chi connectivity index (χ3v) is 6.18. The van der Waals surface area contributed by atoms with Crippen LogP contribution < -0.4 is 14.2 Å². The molecule has 2 aromatic carbocycles. The molecule has 0 heterocycles. The van der Waals surface area contributed by atoms with Gasteiger partial charge in [0.1, 0.15) is 0 Å². The minimum Gasteiger partial charge on any atom is -0.490 e. The average Bonchev–Trinajstić information content (AvgIpc) is 2.62. The third-order valence-electron chi connectivity index (χ3n) is 3.64. The van der Waals surface area contributed by atoms with Gasteiger partial charge in [0, 0.05) is 12.8 Å². The standard InChI is InChI=1S/C18H23NO6S2/c1-4-24-17-11-6-14(12-18(17)25-5-2)13-19-27(22,23)16-9-7-15(8-10-16)26(3,20)21/h6-12,19H,4-5,13H2,1-3H3. The summed E-state index contributed by atoms with van der Waals surface area (Å²) in [5, 5.41) is 0. The van der Waals surface area contributed by atoms with Crippen molar-refractivity contribution in [3.8, 4) is 11.5 Å². The lowest BCUT2D eigenvalue weighted by atomic mass is 10.2. The molecule has 0 radical (unpaired) electrons. The predicted octanol–water partition coefficient (Wildman–Crippen LogP) is 2.37. The average molecular weight is 414 g/mol. The van der Waals surface area contributed by atoms with E-state index in [1.54, 1.807) is 18.2 Å². The molecule has 0 aliphatic rings. The molecule has 27 heavy (non-hydrogen) atoms. The second-order valence-electron chi connectivity index (χ2n) is 5.72. The van der Waals surface area contributed by atoms with Gasteiger partial charge < -0.3 is 9.47 Å². The molecule has 0 atom stereocenters. The molecule has 0 bridgehead atoms. The minimum absolute atomic E-state index is 0.00846. The fraction of sp³-hybridized carbons (Fsp3) is 0.333. The first-order valence-electron chi connectivity index (χ1n) is 8.35. The molecule has 0 spiro atoms. The number of ether oxygens (including phenoxy) is 2. The second kappa shape index (κ2) is 8.73. The Kier molecular flexibility index (Phi) is 6.85. The molecule has 0 amide bonds. The molecule has 0 unspecified atom stereocenters. The highest BCUT2D eigenvalue weighted by Gasteiger charge is 2.16. The molecule has 0 saturated heterocycles. The summed E-state index contributed by atoms with van der Waals surface area (Å²) in [6, 6.07) is 10.3. The van der Waals surface area contributed by atoms with E-state index in [4.69, 9.17) is 9.47 Å². The Morgan fingerprint density at radius 1 is 0.815 bits per heavy atom. The van der Waals surface area contributed by atoms with Gasteiger partial charge in [0.15, 0.2) is 21.3 Å². The van der Waals surface area contributed by atoms with Gasteiger partial charge in [0.05, 0.1) is 23.0 Å². The fourth-order valence-corrected chi connectivity index (χ4v) is 3.98. The monoisotopic (exact) mass is 413 g/mol. The van der Waals surface area contributed by atoms with Crippen molar-refractivity contribution < 1.29 is 26.3 Å². The summed E-state index contributed by atoms with van der Waals surface area (Å²) in [5.41, 5.74) is 0.707. The van der Waals surface area contributed by atoms with Crippen LogP contribution in [0.2, 0.25) is 0 Å².